The molecular formula is C16H19N3O2S. The highest BCUT2D eigenvalue weighted by Crippen LogP contribution is 2.41. The molecule has 2 aromatic rings. The molecule has 5 nitrogen and oxygen atoms in total. The molecule has 0 aliphatic carbocycles. The average Bonchev–Trinajstić information content (AvgIpc) is 2.85. The zero-order valence-electron chi connectivity index (χ0n) is 12.6. The maximum atomic E-state index is 11.9. The Bertz CT molecular complexity index is 679. The predicted octanol–water partition coefficient (Wildman–Crippen LogP) is 3.23. The van der Waals surface area contributed by atoms with Gasteiger partial charge in [-0.1, -0.05) is 37.3 Å². The number of rotatable bonds is 4. The number of nitrogens with two attached hydrogens (primary N) is 1. The fraction of sp³-hybridized carbons (Fsp3) is 0.375. The van der Waals surface area contributed by atoms with E-state index in [0.29, 0.717) is 29.9 Å². The lowest BCUT2D eigenvalue weighted by atomic mass is 9.91. The van der Waals surface area contributed by atoms with Crippen LogP contribution in [0.1, 0.15) is 36.6 Å². The molecule has 1 unspecified atom stereocenters. The lowest BCUT2D eigenvalue weighted by Crippen LogP contribution is -2.22. The summed E-state index contributed by atoms with van der Waals surface area (Å²) >= 11 is 1.43. The number of hydrogen-bond donors (Lipinski definition) is 2. The normalized spacial score (nSPS) is 17.2. The van der Waals surface area contributed by atoms with E-state index in [4.69, 9.17) is 10.5 Å². The SMILES string of the molecule is CC(C)COc1ccc(C2CC(=O)Nc3nc(N)sc32)cc1. The molecule has 3 rings (SSSR count). The van der Waals surface area contributed by atoms with E-state index in [1.54, 1.807) is 0 Å². The third-order valence-corrected chi connectivity index (χ3v) is 4.50. The first kappa shape index (κ1) is 14.8. The summed E-state index contributed by atoms with van der Waals surface area (Å²) in [5.41, 5.74) is 6.85. The molecule has 0 saturated carbocycles. The molecule has 0 radical (unpaired) electrons. The Kier molecular flexibility index (Phi) is 4.02. The van der Waals surface area contributed by atoms with E-state index in [9.17, 15) is 4.79 Å². The largest absolute Gasteiger partial charge is 0.493 e. The minimum atomic E-state index is -0.0251. The second kappa shape index (κ2) is 5.96. The van der Waals surface area contributed by atoms with Crippen molar-refractivity contribution in [1.82, 2.24) is 4.98 Å². The highest BCUT2D eigenvalue weighted by atomic mass is 32.1. The number of hydrogen-bond acceptors (Lipinski definition) is 5. The lowest BCUT2D eigenvalue weighted by molar-refractivity contribution is -0.116. The van der Waals surface area contributed by atoms with E-state index in [0.717, 1.165) is 16.2 Å². The molecule has 0 fully saturated rings. The van der Waals surface area contributed by atoms with E-state index in [1.165, 1.54) is 11.3 Å². The molecule has 1 aliphatic heterocycles. The number of thiazole rings is 1. The lowest BCUT2D eigenvalue weighted by Gasteiger charge is -2.21. The fourth-order valence-electron chi connectivity index (χ4n) is 2.46. The molecule has 2 heterocycles. The van der Waals surface area contributed by atoms with Crippen LogP contribution in [0.25, 0.3) is 0 Å². The van der Waals surface area contributed by atoms with E-state index in [1.807, 2.05) is 24.3 Å². The third kappa shape index (κ3) is 3.06. The number of nitrogens with one attached hydrogen (secondary N) is 1. The summed E-state index contributed by atoms with van der Waals surface area (Å²) in [5.74, 6) is 1.93. The van der Waals surface area contributed by atoms with Crippen LogP contribution >= 0.6 is 11.3 Å². The van der Waals surface area contributed by atoms with Gasteiger partial charge in [-0.3, -0.25) is 4.79 Å². The van der Waals surface area contributed by atoms with Crippen LogP contribution < -0.4 is 15.8 Å². The minimum absolute atomic E-state index is 0.0118. The Morgan fingerprint density at radius 2 is 2.14 bits per heavy atom. The molecule has 116 valence electrons. The molecule has 0 spiro atoms. The van der Waals surface area contributed by atoms with Crippen molar-refractivity contribution in [1.29, 1.82) is 0 Å². The summed E-state index contributed by atoms with van der Waals surface area (Å²) < 4.78 is 5.70. The van der Waals surface area contributed by atoms with Gasteiger partial charge in [-0.2, -0.15) is 0 Å². The number of amides is 1. The summed E-state index contributed by atoms with van der Waals surface area (Å²) in [6.07, 6.45) is 0.417. The van der Waals surface area contributed by atoms with Crippen LogP contribution in [0.5, 0.6) is 5.75 Å². The van der Waals surface area contributed by atoms with Crippen LogP contribution in [0.4, 0.5) is 10.9 Å². The van der Waals surface area contributed by atoms with Crippen LogP contribution in [0.15, 0.2) is 24.3 Å². The average molecular weight is 317 g/mol. The van der Waals surface area contributed by atoms with Gasteiger partial charge in [0.1, 0.15) is 11.6 Å². The molecule has 1 aromatic carbocycles. The van der Waals surface area contributed by atoms with Gasteiger partial charge in [0.2, 0.25) is 5.91 Å². The van der Waals surface area contributed by atoms with E-state index in [-0.39, 0.29) is 11.8 Å². The van der Waals surface area contributed by atoms with Gasteiger partial charge >= 0.3 is 0 Å². The first-order valence-corrected chi connectivity index (χ1v) is 8.13. The minimum Gasteiger partial charge on any atom is -0.493 e. The molecule has 1 amide bonds. The number of anilines is 2. The van der Waals surface area contributed by atoms with Crippen LogP contribution in [-0.4, -0.2) is 17.5 Å². The highest BCUT2D eigenvalue weighted by molar-refractivity contribution is 7.16. The van der Waals surface area contributed by atoms with Crippen molar-refractivity contribution in [2.45, 2.75) is 26.2 Å². The molecule has 3 N–H and O–H groups in total. The van der Waals surface area contributed by atoms with Gasteiger partial charge < -0.3 is 15.8 Å². The van der Waals surface area contributed by atoms with Gasteiger partial charge in [-0.15, -0.1) is 0 Å². The van der Waals surface area contributed by atoms with Crippen LogP contribution in [-0.2, 0) is 4.79 Å². The molecule has 22 heavy (non-hydrogen) atoms. The number of nitrogen functional groups attached to an aromatic ring is 1. The summed E-state index contributed by atoms with van der Waals surface area (Å²) in [6.45, 7) is 4.93. The van der Waals surface area contributed by atoms with Crippen molar-refractivity contribution in [2.24, 2.45) is 5.92 Å². The smallest absolute Gasteiger partial charge is 0.226 e. The number of nitrogens with zero attached hydrogens (tertiary/aromatic N) is 1. The van der Waals surface area contributed by atoms with Crippen molar-refractivity contribution in [3.63, 3.8) is 0 Å². The highest BCUT2D eigenvalue weighted by Gasteiger charge is 2.29. The molecular weight excluding hydrogens is 298 g/mol. The number of carbonyl (C=O) groups is 1. The van der Waals surface area contributed by atoms with Crippen molar-refractivity contribution in [3.8, 4) is 5.75 Å². The Hall–Kier alpha value is -2.08. The van der Waals surface area contributed by atoms with Crippen molar-refractivity contribution < 1.29 is 9.53 Å². The van der Waals surface area contributed by atoms with Crippen LogP contribution in [0, 0.1) is 5.92 Å². The first-order chi connectivity index (χ1) is 10.5. The maximum absolute atomic E-state index is 11.9. The Labute approximate surface area is 133 Å². The first-order valence-electron chi connectivity index (χ1n) is 7.31. The van der Waals surface area contributed by atoms with Gasteiger partial charge in [-0.25, -0.2) is 4.98 Å². The van der Waals surface area contributed by atoms with Crippen molar-refractivity contribution in [2.75, 3.05) is 17.7 Å². The third-order valence-electron chi connectivity index (χ3n) is 3.50. The standard InChI is InChI=1S/C16H19N3O2S/c1-9(2)8-21-11-5-3-10(4-6-11)12-7-13(20)18-15-14(12)22-16(17)19-15/h3-6,9,12H,7-8H2,1-2H3,(H2,17,19)(H,18,20). The van der Waals surface area contributed by atoms with Crippen molar-refractivity contribution in [3.05, 3.63) is 34.7 Å². The number of aromatic nitrogens is 1. The second-order valence-electron chi connectivity index (χ2n) is 5.84. The molecule has 1 aliphatic rings. The van der Waals surface area contributed by atoms with Gasteiger partial charge in [0, 0.05) is 12.3 Å². The van der Waals surface area contributed by atoms with E-state index in [2.05, 4.69) is 24.1 Å². The summed E-state index contributed by atoms with van der Waals surface area (Å²) in [7, 11) is 0. The van der Waals surface area contributed by atoms with Gasteiger partial charge in [-0.05, 0) is 23.6 Å². The predicted molar refractivity (Wildman–Crippen MR) is 88.4 cm³/mol. The second-order valence-corrected chi connectivity index (χ2v) is 6.91. The van der Waals surface area contributed by atoms with E-state index < -0.39 is 0 Å². The number of carbonyl (C=O) groups excluding carboxylic acids is 1. The van der Waals surface area contributed by atoms with Crippen LogP contribution in [0.3, 0.4) is 0 Å². The monoisotopic (exact) mass is 317 g/mol. The topological polar surface area (TPSA) is 77.2 Å². The number of ether oxygens (including phenoxy) is 1. The quantitative estimate of drug-likeness (QED) is 0.907. The van der Waals surface area contributed by atoms with Gasteiger partial charge in [0.05, 0.1) is 11.5 Å². The number of benzene rings is 1. The fourth-order valence-corrected chi connectivity index (χ4v) is 3.38. The summed E-state index contributed by atoms with van der Waals surface area (Å²) in [5, 5.41) is 3.26. The molecule has 0 bridgehead atoms. The Morgan fingerprint density at radius 3 is 2.82 bits per heavy atom. The number of fused-ring (bicyclic) bond motifs is 1. The van der Waals surface area contributed by atoms with Gasteiger partial charge in [0.15, 0.2) is 5.13 Å². The molecule has 6 heteroatoms. The molecule has 1 aromatic heterocycles. The van der Waals surface area contributed by atoms with Crippen molar-refractivity contribution >= 4 is 28.2 Å². The van der Waals surface area contributed by atoms with Gasteiger partial charge in [0.25, 0.3) is 0 Å². The maximum Gasteiger partial charge on any atom is 0.226 e. The summed E-state index contributed by atoms with van der Waals surface area (Å²) in [6, 6.07) is 7.93. The molecule has 0 saturated heterocycles. The van der Waals surface area contributed by atoms with Crippen LogP contribution in [0.2, 0.25) is 0 Å². The zero-order valence-corrected chi connectivity index (χ0v) is 13.4. The molecule has 1 atom stereocenters. The Morgan fingerprint density at radius 1 is 1.41 bits per heavy atom. The zero-order chi connectivity index (χ0) is 15.7. The summed E-state index contributed by atoms with van der Waals surface area (Å²) in [4.78, 5) is 17.1. The Balaban J connectivity index is 1.83. The van der Waals surface area contributed by atoms with E-state index >= 15 is 0 Å².